The largest absolute Gasteiger partial charge is 0.478 e. The van der Waals surface area contributed by atoms with Gasteiger partial charge in [0.2, 0.25) is 0 Å². The number of carboxylic acid groups (broad SMARTS) is 1. The number of aryl methyl sites for hydroxylation is 1. The Morgan fingerprint density at radius 2 is 2.10 bits per heavy atom. The van der Waals surface area contributed by atoms with Crippen molar-refractivity contribution in [3.63, 3.8) is 0 Å². The monoisotopic (exact) mass is 285 g/mol. The van der Waals surface area contributed by atoms with E-state index in [0.29, 0.717) is 0 Å². The molecule has 0 aliphatic carbocycles. The Hall–Kier alpha value is -2.03. The Bertz CT molecular complexity index is 665. The molecular formula is C18H23NO2. The number of allylic oxidation sites excluding steroid dienone is 1. The molecule has 0 fully saturated rings. The Morgan fingerprint density at radius 1 is 1.33 bits per heavy atom. The molecule has 1 aromatic carbocycles. The third-order valence-electron chi connectivity index (χ3n) is 3.75. The fraction of sp³-hybridized carbons (Fsp3) is 0.389. The average Bonchev–Trinajstić information content (AvgIpc) is 2.80. The van der Waals surface area contributed by atoms with Gasteiger partial charge >= 0.3 is 5.97 Å². The zero-order valence-corrected chi connectivity index (χ0v) is 13.0. The highest BCUT2D eigenvalue weighted by molar-refractivity contribution is 5.91. The van der Waals surface area contributed by atoms with Crippen LogP contribution in [-0.2, 0) is 11.3 Å². The van der Waals surface area contributed by atoms with E-state index >= 15 is 0 Å². The second-order valence-corrected chi connectivity index (χ2v) is 5.98. The number of aliphatic carboxylic acids is 1. The van der Waals surface area contributed by atoms with Gasteiger partial charge in [-0.15, -0.1) is 0 Å². The summed E-state index contributed by atoms with van der Waals surface area (Å²) in [5.74, 6) is -0.166. The number of hydrogen-bond donors (Lipinski definition) is 1. The fourth-order valence-electron chi connectivity index (χ4n) is 2.58. The maximum absolute atomic E-state index is 10.7. The summed E-state index contributed by atoms with van der Waals surface area (Å²) in [4.78, 5) is 10.7. The van der Waals surface area contributed by atoms with E-state index in [0.717, 1.165) is 29.0 Å². The molecule has 0 aliphatic heterocycles. The molecule has 0 radical (unpaired) electrons. The molecule has 0 spiro atoms. The van der Waals surface area contributed by atoms with Gasteiger partial charge in [-0.2, -0.15) is 0 Å². The van der Waals surface area contributed by atoms with Gasteiger partial charge in [0.15, 0.2) is 0 Å². The van der Waals surface area contributed by atoms with Crippen molar-refractivity contribution in [3.05, 3.63) is 42.1 Å². The lowest BCUT2D eigenvalue weighted by Crippen LogP contribution is -1.98. The van der Waals surface area contributed by atoms with E-state index < -0.39 is 5.97 Å². The quantitative estimate of drug-likeness (QED) is 0.790. The van der Waals surface area contributed by atoms with Crippen molar-refractivity contribution in [2.45, 2.75) is 40.2 Å². The van der Waals surface area contributed by atoms with E-state index in [-0.39, 0.29) is 0 Å². The molecule has 1 aromatic heterocycles. The number of fused-ring (bicyclic) bond motifs is 1. The van der Waals surface area contributed by atoms with E-state index in [4.69, 9.17) is 5.11 Å². The zero-order chi connectivity index (χ0) is 15.4. The molecule has 0 saturated heterocycles. The normalized spacial score (nSPS) is 12.3. The van der Waals surface area contributed by atoms with Gasteiger partial charge in [-0.3, -0.25) is 0 Å². The third-order valence-corrected chi connectivity index (χ3v) is 3.75. The van der Waals surface area contributed by atoms with E-state index in [1.165, 1.54) is 24.4 Å². The van der Waals surface area contributed by atoms with Gasteiger partial charge in [0.05, 0.1) is 0 Å². The van der Waals surface area contributed by atoms with Crippen molar-refractivity contribution in [2.24, 2.45) is 5.92 Å². The molecule has 3 nitrogen and oxygen atoms in total. The third kappa shape index (κ3) is 3.97. The summed E-state index contributed by atoms with van der Waals surface area (Å²) >= 11 is 0. The maximum atomic E-state index is 10.7. The first-order valence-electron chi connectivity index (χ1n) is 7.48. The number of rotatable bonds is 6. The number of nitrogens with zero attached hydrogens (tertiary/aromatic N) is 1. The molecule has 1 heterocycles. The molecule has 2 aromatic rings. The van der Waals surface area contributed by atoms with Crippen molar-refractivity contribution in [3.8, 4) is 0 Å². The summed E-state index contributed by atoms with van der Waals surface area (Å²) in [6.07, 6.45) is 5.78. The summed E-state index contributed by atoms with van der Waals surface area (Å²) < 4.78 is 2.28. The van der Waals surface area contributed by atoms with Crippen molar-refractivity contribution < 1.29 is 9.90 Å². The molecule has 21 heavy (non-hydrogen) atoms. The summed E-state index contributed by atoms with van der Waals surface area (Å²) in [5.41, 5.74) is 2.95. The van der Waals surface area contributed by atoms with Crippen LogP contribution < -0.4 is 0 Å². The van der Waals surface area contributed by atoms with Crippen LogP contribution in [0.5, 0.6) is 0 Å². The van der Waals surface area contributed by atoms with Crippen LogP contribution in [0.1, 0.15) is 39.2 Å². The van der Waals surface area contributed by atoms with Gasteiger partial charge in [0, 0.05) is 29.7 Å². The van der Waals surface area contributed by atoms with E-state index in [1.54, 1.807) is 0 Å². The minimum absolute atomic E-state index is 0.738. The number of aromatic nitrogens is 1. The first-order valence-corrected chi connectivity index (χ1v) is 7.48. The first kappa shape index (κ1) is 15.4. The number of hydrogen-bond acceptors (Lipinski definition) is 1. The van der Waals surface area contributed by atoms with Crippen molar-refractivity contribution in [1.29, 1.82) is 0 Å². The topological polar surface area (TPSA) is 42.2 Å². The van der Waals surface area contributed by atoms with Crippen LogP contribution >= 0.6 is 0 Å². The van der Waals surface area contributed by atoms with Gasteiger partial charge in [0.1, 0.15) is 0 Å². The predicted octanol–water partition coefficient (Wildman–Crippen LogP) is 4.57. The molecule has 3 heteroatoms. The zero-order valence-electron chi connectivity index (χ0n) is 13.0. The van der Waals surface area contributed by atoms with E-state index in [9.17, 15) is 4.79 Å². The Labute approximate surface area is 125 Å². The van der Waals surface area contributed by atoms with Crippen molar-refractivity contribution in [1.82, 2.24) is 4.57 Å². The van der Waals surface area contributed by atoms with Crippen LogP contribution in [0, 0.1) is 5.92 Å². The predicted molar refractivity (Wildman–Crippen MR) is 87.3 cm³/mol. The van der Waals surface area contributed by atoms with Crippen LogP contribution in [0.4, 0.5) is 0 Å². The minimum atomic E-state index is -0.904. The average molecular weight is 285 g/mol. The Balaban J connectivity index is 2.21. The Kier molecular flexibility index (Phi) is 4.84. The standard InChI is InChI=1S/C18H23NO2/c1-13(2)5-4-9-19-10-8-16-12-15(6-7-17(16)19)14(3)11-18(20)21/h6-8,10-13H,4-5,9H2,1-3H3,(H,20,21). The summed E-state index contributed by atoms with van der Waals surface area (Å²) in [6.45, 7) is 7.36. The smallest absolute Gasteiger partial charge is 0.328 e. The lowest BCUT2D eigenvalue weighted by molar-refractivity contribution is -0.131. The first-order chi connectivity index (χ1) is 9.97. The molecule has 0 amide bonds. The number of carboxylic acids is 1. The van der Waals surface area contributed by atoms with Crippen molar-refractivity contribution >= 4 is 22.4 Å². The molecule has 112 valence electrons. The molecular weight excluding hydrogens is 262 g/mol. The highest BCUT2D eigenvalue weighted by Gasteiger charge is 2.05. The highest BCUT2D eigenvalue weighted by atomic mass is 16.4. The van der Waals surface area contributed by atoms with Crippen molar-refractivity contribution in [2.75, 3.05) is 0 Å². The molecule has 1 N–H and O–H groups in total. The Morgan fingerprint density at radius 3 is 2.76 bits per heavy atom. The van der Waals surface area contributed by atoms with Gasteiger partial charge in [-0.05, 0) is 55.0 Å². The van der Waals surface area contributed by atoms with Crippen LogP contribution in [0.25, 0.3) is 16.5 Å². The van der Waals surface area contributed by atoms with Gasteiger partial charge in [0.25, 0.3) is 0 Å². The van der Waals surface area contributed by atoms with Gasteiger partial charge in [-0.1, -0.05) is 19.9 Å². The van der Waals surface area contributed by atoms with Gasteiger partial charge in [-0.25, -0.2) is 4.79 Å². The minimum Gasteiger partial charge on any atom is -0.478 e. The summed E-state index contributed by atoms with van der Waals surface area (Å²) in [5, 5.41) is 9.99. The van der Waals surface area contributed by atoms with E-state index in [1.807, 2.05) is 13.0 Å². The molecule has 0 aliphatic rings. The lowest BCUT2D eigenvalue weighted by atomic mass is 10.1. The highest BCUT2D eigenvalue weighted by Crippen LogP contribution is 2.22. The fourth-order valence-corrected chi connectivity index (χ4v) is 2.58. The van der Waals surface area contributed by atoms with Crippen LogP contribution in [0.2, 0.25) is 0 Å². The second-order valence-electron chi connectivity index (χ2n) is 5.98. The number of carbonyl (C=O) groups is 1. The SMILES string of the molecule is CC(=CC(=O)O)c1ccc2c(ccn2CCCC(C)C)c1. The van der Waals surface area contributed by atoms with Gasteiger partial charge < -0.3 is 9.67 Å². The molecule has 0 atom stereocenters. The molecule has 0 bridgehead atoms. The molecule has 2 rings (SSSR count). The summed E-state index contributed by atoms with van der Waals surface area (Å²) in [7, 11) is 0. The molecule has 0 saturated carbocycles. The van der Waals surface area contributed by atoms with Crippen LogP contribution in [-0.4, -0.2) is 15.6 Å². The van der Waals surface area contributed by atoms with Crippen LogP contribution in [0.15, 0.2) is 36.5 Å². The summed E-state index contributed by atoms with van der Waals surface area (Å²) in [6, 6.07) is 8.24. The number of benzene rings is 1. The maximum Gasteiger partial charge on any atom is 0.328 e. The second kappa shape index (κ2) is 6.61. The lowest BCUT2D eigenvalue weighted by Gasteiger charge is -2.08. The van der Waals surface area contributed by atoms with Crippen LogP contribution in [0.3, 0.4) is 0 Å². The van der Waals surface area contributed by atoms with E-state index in [2.05, 4.69) is 42.8 Å². The molecule has 0 unspecified atom stereocenters.